The molecule has 0 aliphatic heterocycles. The van der Waals surface area contributed by atoms with Gasteiger partial charge in [0.1, 0.15) is 0 Å². The van der Waals surface area contributed by atoms with E-state index in [9.17, 15) is 14.4 Å². The van der Waals surface area contributed by atoms with E-state index >= 15 is 0 Å². The molecule has 10 nitrogen and oxygen atoms in total. The normalized spacial score (nSPS) is 10.8. The van der Waals surface area contributed by atoms with Crippen molar-refractivity contribution in [2.45, 2.75) is 44.9 Å². The Labute approximate surface area is 243 Å². The molecule has 0 spiro atoms. The number of aryl methyl sites for hydroxylation is 2. The Morgan fingerprint density at radius 1 is 0.634 bits per heavy atom. The lowest BCUT2D eigenvalue weighted by atomic mass is 10.0. The Morgan fingerprint density at radius 3 is 1.98 bits per heavy atom. The average molecular weight is 572 g/mol. The van der Waals surface area contributed by atoms with Gasteiger partial charge in [-0.2, -0.15) is 0 Å². The summed E-state index contributed by atoms with van der Waals surface area (Å²) in [6.07, 6.45) is 5.18. The van der Waals surface area contributed by atoms with Gasteiger partial charge in [-0.25, -0.2) is 5.48 Å². The molecule has 2 aromatic carbocycles. The minimum atomic E-state index is -0.294. The van der Waals surface area contributed by atoms with E-state index < -0.39 is 0 Å². The van der Waals surface area contributed by atoms with Crippen LogP contribution in [0.2, 0.25) is 0 Å². The number of hydrogen-bond donors (Lipinski definition) is 3. The first-order valence-corrected chi connectivity index (χ1v) is 14.3. The monoisotopic (exact) mass is 571 g/mol. The van der Waals surface area contributed by atoms with Crippen LogP contribution in [0.1, 0.15) is 42.4 Å². The van der Waals surface area contributed by atoms with Crippen LogP contribution in [0.4, 0.5) is 0 Å². The topological polar surface area (TPSA) is 124 Å². The van der Waals surface area contributed by atoms with Gasteiger partial charge in [-0.15, -0.1) is 0 Å². The quantitative estimate of drug-likeness (QED) is 0.138. The Bertz CT molecular complexity index is 987. The second-order valence-electron chi connectivity index (χ2n) is 9.51. The van der Waals surface area contributed by atoms with Crippen LogP contribution in [0.15, 0.2) is 54.6 Å². The number of hydrogen-bond acceptors (Lipinski definition) is 7. The summed E-state index contributed by atoms with van der Waals surface area (Å²) in [4.78, 5) is 41.0. The van der Waals surface area contributed by atoms with Crippen molar-refractivity contribution < 1.29 is 33.4 Å². The van der Waals surface area contributed by atoms with E-state index in [1.807, 2.05) is 18.2 Å². The van der Waals surface area contributed by atoms with E-state index in [-0.39, 0.29) is 43.7 Å². The van der Waals surface area contributed by atoms with Crippen molar-refractivity contribution >= 4 is 17.7 Å². The standard InChI is InChI=1S/C31H45N3O7/c1-38-20-21-40-23-22-39-19-17-32-31(37)25-33-29(35)12-7-18-41-34-30(36)24-28-15-13-27(14-16-28)11-6-5-10-26-8-3-2-4-9-26/h2-4,8-9,13-16H,5-7,10-12,17-25H2,1H3,(H,32,37)(H,33,35)(H,34,36). The number of hydroxylamine groups is 1. The highest BCUT2D eigenvalue weighted by molar-refractivity contribution is 5.84. The molecule has 0 aromatic heterocycles. The lowest BCUT2D eigenvalue weighted by Crippen LogP contribution is -2.38. The summed E-state index contributed by atoms with van der Waals surface area (Å²) in [5, 5.41) is 5.22. The molecule has 2 aromatic rings. The molecule has 3 N–H and O–H groups in total. The van der Waals surface area contributed by atoms with Crippen LogP contribution in [-0.2, 0) is 52.7 Å². The van der Waals surface area contributed by atoms with Crippen molar-refractivity contribution in [3.8, 4) is 0 Å². The van der Waals surface area contributed by atoms with Crippen LogP contribution in [0.25, 0.3) is 0 Å². The third-order valence-corrected chi connectivity index (χ3v) is 6.07. The number of ether oxygens (including phenoxy) is 3. The van der Waals surface area contributed by atoms with E-state index in [1.165, 1.54) is 11.1 Å². The third kappa shape index (κ3) is 17.9. The molecule has 0 aliphatic carbocycles. The molecular formula is C31H45N3O7. The van der Waals surface area contributed by atoms with Crippen LogP contribution in [-0.4, -0.2) is 77.6 Å². The summed E-state index contributed by atoms with van der Waals surface area (Å²) < 4.78 is 15.5. The van der Waals surface area contributed by atoms with Gasteiger partial charge in [-0.3, -0.25) is 19.2 Å². The van der Waals surface area contributed by atoms with Gasteiger partial charge in [0.25, 0.3) is 0 Å². The van der Waals surface area contributed by atoms with Crippen molar-refractivity contribution in [3.63, 3.8) is 0 Å². The molecule has 0 aliphatic rings. The number of nitrogens with one attached hydrogen (secondary N) is 3. The van der Waals surface area contributed by atoms with Gasteiger partial charge in [0.2, 0.25) is 17.7 Å². The number of benzene rings is 2. The zero-order chi connectivity index (χ0) is 29.4. The molecule has 41 heavy (non-hydrogen) atoms. The lowest BCUT2D eigenvalue weighted by Gasteiger charge is -2.09. The second kappa shape index (κ2) is 22.4. The molecule has 10 heteroatoms. The SMILES string of the molecule is COCCOCCOCCNC(=O)CNC(=O)CCCONC(=O)Cc1ccc(CCCCc2ccccc2)cc1. The van der Waals surface area contributed by atoms with Crippen molar-refractivity contribution in [1.29, 1.82) is 0 Å². The number of carbonyl (C=O) groups is 3. The van der Waals surface area contributed by atoms with Gasteiger partial charge in [-0.1, -0.05) is 54.6 Å². The summed E-state index contributed by atoms with van der Waals surface area (Å²) in [6.45, 7) is 2.74. The first-order valence-electron chi connectivity index (χ1n) is 14.3. The molecule has 0 atom stereocenters. The molecule has 0 heterocycles. The first-order chi connectivity index (χ1) is 20.1. The van der Waals surface area contributed by atoms with E-state index in [2.05, 4.69) is 52.5 Å². The molecule has 3 amide bonds. The Morgan fingerprint density at radius 2 is 1.27 bits per heavy atom. The molecule has 0 unspecified atom stereocenters. The fourth-order valence-corrected chi connectivity index (χ4v) is 3.84. The summed E-state index contributed by atoms with van der Waals surface area (Å²) in [6, 6.07) is 18.6. The van der Waals surface area contributed by atoms with Crippen LogP contribution >= 0.6 is 0 Å². The zero-order valence-electron chi connectivity index (χ0n) is 24.2. The Balaban J connectivity index is 1.42. The number of amides is 3. The van der Waals surface area contributed by atoms with Gasteiger partial charge in [-0.05, 0) is 48.8 Å². The van der Waals surface area contributed by atoms with Crippen molar-refractivity contribution in [2.75, 3.05) is 59.8 Å². The largest absolute Gasteiger partial charge is 0.382 e. The van der Waals surface area contributed by atoms with Crippen LogP contribution < -0.4 is 16.1 Å². The van der Waals surface area contributed by atoms with Gasteiger partial charge >= 0.3 is 0 Å². The first kappa shape index (κ1) is 33.9. The van der Waals surface area contributed by atoms with Gasteiger partial charge in [0.05, 0.1) is 52.6 Å². The van der Waals surface area contributed by atoms with Crippen molar-refractivity contribution in [2.24, 2.45) is 0 Å². The number of unbranched alkanes of at least 4 members (excludes halogenated alkanes) is 1. The fourth-order valence-electron chi connectivity index (χ4n) is 3.84. The Hall–Kier alpha value is -3.31. The summed E-state index contributed by atoms with van der Waals surface area (Å²) in [5.74, 6) is -0.804. The number of methoxy groups -OCH3 is 1. The molecule has 226 valence electrons. The predicted octanol–water partition coefficient (Wildman–Crippen LogP) is 2.53. The predicted molar refractivity (Wildman–Crippen MR) is 156 cm³/mol. The number of carbonyl (C=O) groups excluding carboxylic acids is 3. The average Bonchev–Trinajstić information content (AvgIpc) is 2.98. The molecule has 0 saturated heterocycles. The zero-order valence-corrected chi connectivity index (χ0v) is 24.2. The summed E-state index contributed by atoms with van der Waals surface area (Å²) in [7, 11) is 1.61. The maximum absolute atomic E-state index is 12.1. The molecular weight excluding hydrogens is 526 g/mol. The highest BCUT2D eigenvalue weighted by atomic mass is 16.6. The van der Waals surface area contributed by atoms with Gasteiger partial charge in [0.15, 0.2) is 0 Å². The van der Waals surface area contributed by atoms with Gasteiger partial charge in [0, 0.05) is 20.1 Å². The maximum atomic E-state index is 12.1. The minimum Gasteiger partial charge on any atom is -0.382 e. The lowest BCUT2D eigenvalue weighted by molar-refractivity contribution is -0.133. The second-order valence-corrected chi connectivity index (χ2v) is 9.51. The third-order valence-electron chi connectivity index (χ3n) is 6.07. The number of rotatable bonds is 23. The van der Waals surface area contributed by atoms with Crippen LogP contribution in [0.5, 0.6) is 0 Å². The highest BCUT2D eigenvalue weighted by Gasteiger charge is 2.07. The van der Waals surface area contributed by atoms with Crippen LogP contribution in [0.3, 0.4) is 0 Å². The minimum absolute atomic E-state index is 0.108. The van der Waals surface area contributed by atoms with Crippen molar-refractivity contribution in [1.82, 2.24) is 16.1 Å². The highest BCUT2D eigenvalue weighted by Crippen LogP contribution is 2.11. The maximum Gasteiger partial charge on any atom is 0.247 e. The van der Waals surface area contributed by atoms with Crippen LogP contribution in [0, 0.1) is 0 Å². The van der Waals surface area contributed by atoms with E-state index in [4.69, 9.17) is 19.0 Å². The Kier molecular flexibility index (Phi) is 18.5. The van der Waals surface area contributed by atoms with Crippen molar-refractivity contribution in [3.05, 3.63) is 71.3 Å². The molecule has 0 radical (unpaired) electrons. The van der Waals surface area contributed by atoms with Gasteiger partial charge < -0.3 is 24.8 Å². The van der Waals surface area contributed by atoms with E-state index in [0.29, 0.717) is 46.0 Å². The van der Waals surface area contributed by atoms with E-state index in [1.54, 1.807) is 7.11 Å². The smallest absolute Gasteiger partial charge is 0.247 e. The summed E-state index contributed by atoms with van der Waals surface area (Å²) >= 11 is 0. The van der Waals surface area contributed by atoms with E-state index in [0.717, 1.165) is 31.2 Å². The summed E-state index contributed by atoms with van der Waals surface area (Å²) in [5.41, 5.74) is 5.96. The molecule has 0 bridgehead atoms. The fraction of sp³-hybridized carbons (Fsp3) is 0.516. The molecule has 0 fully saturated rings. The molecule has 0 saturated carbocycles. The molecule has 2 rings (SSSR count).